The summed E-state index contributed by atoms with van der Waals surface area (Å²) in [5.41, 5.74) is 10.5. The standard InChI is InChI=1S/C9H9Cl2FN2O2/c10-7-3(9(15)16)1-4(12)8(11)6(7)5(14)2-13/h1,5H,2,13-14H2,(H,15,16). The molecule has 7 heteroatoms. The smallest absolute Gasteiger partial charge is 0.337 e. The number of benzene rings is 1. The Hall–Kier alpha value is -0.880. The first-order chi connectivity index (χ1) is 7.40. The highest BCUT2D eigenvalue weighted by molar-refractivity contribution is 6.38. The molecule has 0 aliphatic carbocycles. The van der Waals surface area contributed by atoms with Crippen LogP contribution in [0.4, 0.5) is 4.39 Å². The van der Waals surface area contributed by atoms with Gasteiger partial charge in [0.1, 0.15) is 5.82 Å². The molecule has 0 aliphatic heterocycles. The van der Waals surface area contributed by atoms with Gasteiger partial charge < -0.3 is 16.6 Å². The minimum absolute atomic E-state index is 0.0169. The van der Waals surface area contributed by atoms with Gasteiger partial charge in [-0.25, -0.2) is 9.18 Å². The molecule has 5 N–H and O–H groups in total. The summed E-state index contributed by atoms with van der Waals surface area (Å²) >= 11 is 11.4. The Morgan fingerprint density at radius 3 is 2.50 bits per heavy atom. The molecule has 16 heavy (non-hydrogen) atoms. The Balaban J connectivity index is 3.51. The SMILES string of the molecule is NCC(N)c1c(Cl)c(F)cc(C(=O)O)c1Cl. The van der Waals surface area contributed by atoms with E-state index in [1.165, 1.54) is 0 Å². The van der Waals surface area contributed by atoms with E-state index in [4.69, 9.17) is 39.8 Å². The third kappa shape index (κ3) is 2.27. The summed E-state index contributed by atoms with van der Waals surface area (Å²) in [5, 5.41) is 8.31. The zero-order valence-electron chi connectivity index (χ0n) is 8.01. The van der Waals surface area contributed by atoms with E-state index >= 15 is 0 Å². The van der Waals surface area contributed by atoms with Crippen LogP contribution >= 0.6 is 23.2 Å². The number of hydrogen-bond acceptors (Lipinski definition) is 3. The molecule has 88 valence electrons. The van der Waals surface area contributed by atoms with Crippen LogP contribution in [0.5, 0.6) is 0 Å². The zero-order valence-corrected chi connectivity index (χ0v) is 9.52. The van der Waals surface area contributed by atoms with Gasteiger partial charge in [0, 0.05) is 18.2 Å². The Morgan fingerprint density at radius 2 is 2.06 bits per heavy atom. The normalized spacial score (nSPS) is 12.6. The zero-order chi connectivity index (χ0) is 12.5. The highest BCUT2D eigenvalue weighted by Gasteiger charge is 2.22. The topological polar surface area (TPSA) is 89.3 Å². The van der Waals surface area contributed by atoms with Gasteiger partial charge in [0.05, 0.1) is 15.6 Å². The van der Waals surface area contributed by atoms with Crippen molar-refractivity contribution in [2.75, 3.05) is 6.54 Å². The maximum atomic E-state index is 13.3. The van der Waals surface area contributed by atoms with Crippen LogP contribution in [0.25, 0.3) is 0 Å². The largest absolute Gasteiger partial charge is 0.478 e. The number of rotatable bonds is 3. The molecule has 1 aromatic carbocycles. The van der Waals surface area contributed by atoms with Crippen molar-refractivity contribution in [1.82, 2.24) is 0 Å². The van der Waals surface area contributed by atoms with Crippen molar-refractivity contribution in [2.24, 2.45) is 11.5 Å². The summed E-state index contributed by atoms with van der Waals surface area (Å²) in [7, 11) is 0. The van der Waals surface area contributed by atoms with E-state index in [0.29, 0.717) is 0 Å². The van der Waals surface area contributed by atoms with Crippen LogP contribution in [-0.2, 0) is 0 Å². The lowest BCUT2D eigenvalue weighted by atomic mass is 10.0. The van der Waals surface area contributed by atoms with Gasteiger partial charge in [-0.15, -0.1) is 0 Å². The van der Waals surface area contributed by atoms with Gasteiger partial charge in [-0.05, 0) is 6.07 Å². The van der Waals surface area contributed by atoms with Gasteiger partial charge in [-0.1, -0.05) is 23.2 Å². The Labute approximate surface area is 101 Å². The fourth-order valence-corrected chi connectivity index (χ4v) is 1.93. The Bertz CT molecular complexity index is 440. The van der Waals surface area contributed by atoms with E-state index in [9.17, 15) is 9.18 Å². The summed E-state index contributed by atoms with van der Waals surface area (Å²) in [5.74, 6) is -2.24. The third-order valence-electron chi connectivity index (χ3n) is 2.05. The molecule has 0 fully saturated rings. The molecule has 0 heterocycles. The summed E-state index contributed by atoms with van der Waals surface area (Å²) in [6, 6.07) is -0.0616. The molecule has 1 aromatic rings. The van der Waals surface area contributed by atoms with E-state index in [1.807, 2.05) is 0 Å². The van der Waals surface area contributed by atoms with E-state index in [2.05, 4.69) is 0 Å². The Kier molecular flexibility index (Phi) is 4.09. The molecule has 0 bridgehead atoms. The number of hydrogen-bond donors (Lipinski definition) is 3. The molecule has 4 nitrogen and oxygen atoms in total. The molecule has 0 aromatic heterocycles. The van der Waals surface area contributed by atoms with Crippen LogP contribution in [0.1, 0.15) is 22.0 Å². The molecule has 0 spiro atoms. The molecule has 0 radical (unpaired) electrons. The van der Waals surface area contributed by atoms with E-state index in [1.54, 1.807) is 0 Å². The fraction of sp³-hybridized carbons (Fsp3) is 0.222. The lowest BCUT2D eigenvalue weighted by Gasteiger charge is -2.15. The van der Waals surface area contributed by atoms with Crippen LogP contribution in [0.2, 0.25) is 10.0 Å². The van der Waals surface area contributed by atoms with E-state index in [0.717, 1.165) is 6.07 Å². The maximum Gasteiger partial charge on any atom is 0.337 e. The number of carboxylic acids is 1. The van der Waals surface area contributed by atoms with Gasteiger partial charge in [0.25, 0.3) is 0 Å². The molecule has 0 saturated carbocycles. The summed E-state index contributed by atoms with van der Waals surface area (Å²) in [6.07, 6.45) is 0. The summed E-state index contributed by atoms with van der Waals surface area (Å²) in [6.45, 7) is -0.0258. The maximum absolute atomic E-state index is 13.3. The molecular formula is C9H9Cl2FN2O2. The summed E-state index contributed by atoms with van der Waals surface area (Å²) < 4.78 is 13.3. The van der Waals surface area contributed by atoms with Crippen molar-refractivity contribution in [3.8, 4) is 0 Å². The fourth-order valence-electron chi connectivity index (χ4n) is 1.22. The first kappa shape index (κ1) is 13.2. The molecule has 1 atom stereocenters. The number of halogens is 3. The average Bonchev–Trinajstić information content (AvgIpc) is 2.22. The lowest BCUT2D eigenvalue weighted by Crippen LogP contribution is -2.22. The van der Waals surface area contributed by atoms with Crippen LogP contribution in [0, 0.1) is 5.82 Å². The van der Waals surface area contributed by atoms with Crippen molar-refractivity contribution in [3.63, 3.8) is 0 Å². The monoisotopic (exact) mass is 266 g/mol. The average molecular weight is 267 g/mol. The molecular weight excluding hydrogens is 258 g/mol. The minimum atomic E-state index is -1.36. The predicted molar refractivity (Wildman–Crippen MR) is 59.4 cm³/mol. The van der Waals surface area contributed by atoms with E-state index in [-0.39, 0.29) is 27.7 Å². The van der Waals surface area contributed by atoms with Gasteiger partial charge >= 0.3 is 5.97 Å². The second-order valence-corrected chi connectivity index (χ2v) is 3.85. The number of aromatic carboxylic acids is 1. The minimum Gasteiger partial charge on any atom is -0.478 e. The van der Waals surface area contributed by atoms with Crippen LogP contribution in [0.15, 0.2) is 6.07 Å². The highest BCUT2D eigenvalue weighted by Crippen LogP contribution is 2.34. The van der Waals surface area contributed by atoms with Gasteiger partial charge in [0.15, 0.2) is 0 Å². The first-order valence-electron chi connectivity index (χ1n) is 4.26. The van der Waals surface area contributed by atoms with Gasteiger partial charge in [-0.2, -0.15) is 0 Å². The molecule has 0 amide bonds. The highest BCUT2D eigenvalue weighted by atomic mass is 35.5. The molecule has 0 aliphatic rings. The first-order valence-corrected chi connectivity index (χ1v) is 5.02. The van der Waals surface area contributed by atoms with E-state index < -0.39 is 17.8 Å². The number of carboxylic acid groups (broad SMARTS) is 1. The summed E-state index contributed by atoms with van der Waals surface area (Å²) in [4.78, 5) is 10.8. The van der Waals surface area contributed by atoms with Crippen LogP contribution in [-0.4, -0.2) is 17.6 Å². The van der Waals surface area contributed by atoms with Crippen molar-refractivity contribution in [1.29, 1.82) is 0 Å². The van der Waals surface area contributed by atoms with Crippen LogP contribution in [0.3, 0.4) is 0 Å². The van der Waals surface area contributed by atoms with Crippen molar-refractivity contribution in [3.05, 3.63) is 33.1 Å². The number of nitrogens with two attached hydrogens (primary N) is 2. The number of carbonyl (C=O) groups is 1. The van der Waals surface area contributed by atoms with Gasteiger partial charge in [-0.3, -0.25) is 0 Å². The lowest BCUT2D eigenvalue weighted by molar-refractivity contribution is 0.0696. The molecule has 0 saturated heterocycles. The quantitative estimate of drug-likeness (QED) is 0.728. The third-order valence-corrected chi connectivity index (χ3v) is 2.84. The van der Waals surface area contributed by atoms with Gasteiger partial charge in [0.2, 0.25) is 0 Å². The predicted octanol–water partition coefficient (Wildman–Crippen LogP) is 1.79. The van der Waals surface area contributed by atoms with Crippen molar-refractivity contribution in [2.45, 2.75) is 6.04 Å². The van der Waals surface area contributed by atoms with Crippen LogP contribution < -0.4 is 11.5 Å². The van der Waals surface area contributed by atoms with Crippen molar-refractivity contribution < 1.29 is 14.3 Å². The molecule has 1 rings (SSSR count). The Morgan fingerprint density at radius 1 is 1.50 bits per heavy atom. The molecule has 1 unspecified atom stereocenters. The second-order valence-electron chi connectivity index (χ2n) is 3.09. The second kappa shape index (κ2) is 4.97. The van der Waals surface area contributed by atoms with Crippen molar-refractivity contribution >= 4 is 29.2 Å².